The van der Waals surface area contributed by atoms with E-state index in [0.29, 0.717) is 4.90 Å². The summed E-state index contributed by atoms with van der Waals surface area (Å²) in [5, 5.41) is 3.21. The fraction of sp³-hybridized carbons (Fsp3) is 0.400. The molecule has 5 heteroatoms. The van der Waals surface area contributed by atoms with Gasteiger partial charge in [-0.3, -0.25) is 0 Å². The third-order valence-electron chi connectivity index (χ3n) is 2.61. The lowest BCUT2D eigenvalue weighted by molar-refractivity contribution is 0.586. The maximum Gasteiger partial charge on any atom is 0.240 e. The molecule has 0 atom stereocenters. The van der Waals surface area contributed by atoms with Crippen molar-refractivity contribution in [1.82, 2.24) is 4.72 Å². The van der Waals surface area contributed by atoms with Gasteiger partial charge in [-0.2, -0.15) is 0 Å². The number of hydrogen-bond donors (Lipinski definition) is 2. The van der Waals surface area contributed by atoms with Crippen LogP contribution in [0.25, 0.3) is 0 Å². The molecule has 2 rings (SSSR count). The SMILES string of the molecule is CNS(=O)(=O)c1cccc2c1CCCN2. The minimum Gasteiger partial charge on any atom is -0.385 e. The molecule has 2 N–H and O–H groups in total. The van der Waals surface area contributed by atoms with Gasteiger partial charge in [0.05, 0.1) is 4.90 Å². The van der Waals surface area contributed by atoms with E-state index in [1.165, 1.54) is 7.05 Å². The molecule has 82 valence electrons. The van der Waals surface area contributed by atoms with Crippen LogP contribution in [0.2, 0.25) is 0 Å². The van der Waals surface area contributed by atoms with Gasteiger partial charge in [-0.05, 0) is 37.6 Å². The van der Waals surface area contributed by atoms with Crippen LogP contribution in [0, 0.1) is 0 Å². The summed E-state index contributed by atoms with van der Waals surface area (Å²) in [7, 11) is -1.89. The molecule has 0 saturated heterocycles. The second kappa shape index (κ2) is 3.83. The van der Waals surface area contributed by atoms with Crippen LogP contribution >= 0.6 is 0 Å². The highest BCUT2D eigenvalue weighted by molar-refractivity contribution is 7.89. The first-order valence-electron chi connectivity index (χ1n) is 4.94. The molecular formula is C10H14N2O2S. The summed E-state index contributed by atoms with van der Waals surface area (Å²) in [6, 6.07) is 5.34. The topological polar surface area (TPSA) is 58.2 Å². The van der Waals surface area contributed by atoms with Crippen molar-refractivity contribution in [3.05, 3.63) is 23.8 Å². The van der Waals surface area contributed by atoms with Crippen molar-refractivity contribution in [3.8, 4) is 0 Å². The lowest BCUT2D eigenvalue weighted by Gasteiger charge is -2.20. The van der Waals surface area contributed by atoms with Gasteiger partial charge in [0.1, 0.15) is 0 Å². The second-order valence-corrected chi connectivity index (χ2v) is 5.38. The number of sulfonamides is 1. The molecule has 4 nitrogen and oxygen atoms in total. The molecule has 1 heterocycles. The van der Waals surface area contributed by atoms with E-state index in [0.717, 1.165) is 30.6 Å². The van der Waals surface area contributed by atoms with E-state index in [2.05, 4.69) is 10.0 Å². The standard InChI is InChI=1S/C10H14N2O2S/c1-11-15(13,14)10-6-2-5-9-8(10)4-3-7-12-9/h2,5-6,11-12H,3-4,7H2,1H3. The Labute approximate surface area is 89.7 Å². The molecule has 1 aromatic carbocycles. The Balaban J connectivity index is 2.58. The van der Waals surface area contributed by atoms with E-state index < -0.39 is 10.0 Å². The number of rotatable bonds is 2. The maximum atomic E-state index is 11.7. The zero-order valence-corrected chi connectivity index (χ0v) is 9.39. The van der Waals surface area contributed by atoms with Crippen LogP contribution in [-0.4, -0.2) is 22.0 Å². The van der Waals surface area contributed by atoms with Crippen molar-refractivity contribution in [3.63, 3.8) is 0 Å². The van der Waals surface area contributed by atoms with Gasteiger partial charge in [0.25, 0.3) is 0 Å². The highest BCUT2D eigenvalue weighted by atomic mass is 32.2. The van der Waals surface area contributed by atoms with Crippen LogP contribution in [0.4, 0.5) is 5.69 Å². The van der Waals surface area contributed by atoms with Crippen LogP contribution in [0.3, 0.4) is 0 Å². The highest BCUT2D eigenvalue weighted by Crippen LogP contribution is 2.27. The quantitative estimate of drug-likeness (QED) is 0.789. The molecular weight excluding hydrogens is 212 g/mol. The Hall–Kier alpha value is -1.07. The van der Waals surface area contributed by atoms with E-state index in [1.807, 2.05) is 6.07 Å². The van der Waals surface area contributed by atoms with Crippen molar-refractivity contribution < 1.29 is 8.42 Å². The molecule has 0 spiro atoms. The number of fused-ring (bicyclic) bond motifs is 1. The molecule has 0 aliphatic carbocycles. The second-order valence-electron chi connectivity index (χ2n) is 3.52. The first-order chi connectivity index (χ1) is 7.15. The summed E-state index contributed by atoms with van der Waals surface area (Å²) in [6.45, 7) is 0.913. The van der Waals surface area contributed by atoms with Crippen molar-refractivity contribution in [1.29, 1.82) is 0 Å². The molecule has 0 saturated carbocycles. The molecule has 1 aromatic rings. The van der Waals surface area contributed by atoms with Gasteiger partial charge in [0.2, 0.25) is 10.0 Å². The molecule has 0 aromatic heterocycles. The van der Waals surface area contributed by atoms with Gasteiger partial charge in [0.15, 0.2) is 0 Å². The average molecular weight is 226 g/mol. The van der Waals surface area contributed by atoms with Crippen molar-refractivity contribution in [2.75, 3.05) is 18.9 Å². The van der Waals surface area contributed by atoms with Crippen molar-refractivity contribution in [2.45, 2.75) is 17.7 Å². The Morgan fingerprint density at radius 3 is 2.93 bits per heavy atom. The minimum absolute atomic E-state index is 0.398. The van der Waals surface area contributed by atoms with E-state index in [-0.39, 0.29) is 0 Å². The lowest BCUT2D eigenvalue weighted by Crippen LogP contribution is -2.22. The predicted molar refractivity (Wildman–Crippen MR) is 59.5 cm³/mol. The Morgan fingerprint density at radius 1 is 1.40 bits per heavy atom. The number of benzene rings is 1. The van der Waals surface area contributed by atoms with E-state index in [1.54, 1.807) is 12.1 Å². The minimum atomic E-state index is -3.33. The van der Waals surface area contributed by atoms with E-state index >= 15 is 0 Å². The molecule has 0 amide bonds. The maximum absolute atomic E-state index is 11.7. The first kappa shape index (κ1) is 10.4. The van der Waals surface area contributed by atoms with Crippen molar-refractivity contribution >= 4 is 15.7 Å². The summed E-state index contributed by atoms with van der Waals surface area (Å²) in [5.74, 6) is 0. The third-order valence-corrected chi connectivity index (χ3v) is 4.11. The predicted octanol–water partition coefficient (Wildman–Crippen LogP) is 0.953. The molecule has 0 unspecified atom stereocenters. The fourth-order valence-corrected chi connectivity index (χ4v) is 2.85. The molecule has 0 fully saturated rings. The smallest absolute Gasteiger partial charge is 0.240 e. The first-order valence-corrected chi connectivity index (χ1v) is 6.43. The van der Waals surface area contributed by atoms with E-state index in [9.17, 15) is 8.42 Å². The lowest BCUT2D eigenvalue weighted by atomic mass is 10.0. The van der Waals surface area contributed by atoms with Crippen molar-refractivity contribution in [2.24, 2.45) is 0 Å². The van der Waals surface area contributed by atoms with E-state index in [4.69, 9.17) is 0 Å². The molecule has 1 aliphatic heterocycles. The van der Waals surface area contributed by atoms with Crippen LogP contribution in [0.1, 0.15) is 12.0 Å². The molecule has 15 heavy (non-hydrogen) atoms. The summed E-state index contributed by atoms with van der Waals surface area (Å²) in [5.41, 5.74) is 1.84. The monoisotopic (exact) mass is 226 g/mol. The number of anilines is 1. The number of hydrogen-bond acceptors (Lipinski definition) is 3. The largest absolute Gasteiger partial charge is 0.385 e. The van der Waals surface area contributed by atoms with Crippen LogP contribution in [0.15, 0.2) is 23.1 Å². The normalized spacial score (nSPS) is 15.5. The van der Waals surface area contributed by atoms with Gasteiger partial charge < -0.3 is 5.32 Å². The van der Waals surface area contributed by atoms with Crippen LogP contribution in [-0.2, 0) is 16.4 Å². The Bertz CT molecular complexity index is 468. The van der Waals surface area contributed by atoms with Crippen LogP contribution in [0.5, 0.6) is 0 Å². The fourth-order valence-electron chi connectivity index (χ4n) is 1.84. The summed E-state index contributed by atoms with van der Waals surface area (Å²) in [6.07, 6.45) is 1.79. The highest BCUT2D eigenvalue weighted by Gasteiger charge is 2.20. The van der Waals surface area contributed by atoms with Crippen LogP contribution < -0.4 is 10.0 Å². The zero-order valence-electron chi connectivity index (χ0n) is 8.58. The third kappa shape index (κ3) is 1.85. The van der Waals surface area contributed by atoms with Gasteiger partial charge in [-0.15, -0.1) is 0 Å². The molecule has 1 aliphatic rings. The molecule has 0 bridgehead atoms. The average Bonchev–Trinajstić information content (AvgIpc) is 2.28. The summed E-state index contributed by atoms with van der Waals surface area (Å²) in [4.78, 5) is 0.398. The Kier molecular flexibility index (Phi) is 2.67. The molecule has 0 radical (unpaired) electrons. The van der Waals surface area contributed by atoms with Gasteiger partial charge >= 0.3 is 0 Å². The summed E-state index contributed by atoms with van der Waals surface area (Å²) >= 11 is 0. The zero-order chi connectivity index (χ0) is 10.9. The van der Waals surface area contributed by atoms with Gasteiger partial charge in [-0.1, -0.05) is 6.07 Å². The van der Waals surface area contributed by atoms with Gasteiger partial charge in [-0.25, -0.2) is 13.1 Å². The Morgan fingerprint density at radius 2 is 2.20 bits per heavy atom. The van der Waals surface area contributed by atoms with Gasteiger partial charge in [0, 0.05) is 12.2 Å². The summed E-state index contributed by atoms with van der Waals surface area (Å²) < 4.78 is 25.8. The number of nitrogens with one attached hydrogen (secondary N) is 2.